The van der Waals surface area contributed by atoms with Gasteiger partial charge in [0.05, 0.1) is 37.7 Å². The molecule has 2 heterocycles. The maximum absolute atomic E-state index is 14.7. The molecule has 0 saturated carbocycles. The van der Waals surface area contributed by atoms with Gasteiger partial charge >= 0.3 is 19.8 Å². The Bertz CT molecular complexity index is 922. The summed E-state index contributed by atoms with van der Waals surface area (Å²) in [5, 5.41) is 0. The third kappa shape index (κ3) is 5.36. The number of morpholine rings is 1. The lowest BCUT2D eigenvalue weighted by atomic mass is 10.2. The molecule has 2 aliphatic heterocycles. The molecule has 2 fully saturated rings. The SMILES string of the molecule is C=C(C)N(C[C@H]1CN(c2ccc(N3CCOCC3)c(F)c2)C(=O)O1)P(=O)(O)OC(C)=O. The molecular formula is C19H25FN3O7P. The summed E-state index contributed by atoms with van der Waals surface area (Å²) < 4.78 is 43.0. The molecule has 1 unspecified atom stereocenters. The second-order valence-corrected chi connectivity index (χ2v) is 8.89. The number of hydrogen-bond donors (Lipinski definition) is 1. The highest BCUT2D eigenvalue weighted by Gasteiger charge is 2.39. The van der Waals surface area contributed by atoms with E-state index >= 15 is 0 Å². The van der Waals surface area contributed by atoms with E-state index in [-0.39, 0.29) is 18.8 Å². The Balaban J connectivity index is 1.72. The van der Waals surface area contributed by atoms with Crippen LogP contribution >= 0.6 is 7.75 Å². The van der Waals surface area contributed by atoms with Gasteiger partial charge < -0.3 is 18.9 Å². The first-order valence-electron chi connectivity index (χ1n) is 9.65. The Morgan fingerprint density at radius 3 is 2.65 bits per heavy atom. The molecule has 1 N–H and O–H groups in total. The van der Waals surface area contributed by atoms with Gasteiger partial charge in [0.25, 0.3) is 0 Å². The van der Waals surface area contributed by atoms with Gasteiger partial charge in [0.1, 0.15) is 11.9 Å². The quantitative estimate of drug-likeness (QED) is 0.618. The van der Waals surface area contributed by atoms with Crippen molar-refractivity contribution in [3.8, 4) is 0 Å². The van der Waals surface area contributed by atoms with Crippen LogP contribution in [0.2, 0.25) is 0 Å². The minimum atomic E-state index is -4.51. The van der Waals surface area contributed by atoms with E-state index in [4.69, 9.17) is 9.47 Å². The molecule has 170 valence electrons. The van der Waals surface area contributed by atoms with Gasteiger partial charge in [0.2, 0.25) is 0 Å². The smallest absolute Gasteiger partial charge is 0.442 e. The van der Waals surface area contributed by atoms with Crippen LogP contribution in [0.3, 0.4) is 0 Å². The zero-order valence-electron chi connectivity index (χ0n) is 17.3. The third-order valence-electron chi connectivity index (χ3n) is 4.84. The molecule has 10 nitrogen and oxygen atoms in total. The molecule has 0 aromatic heterocycles. The van der Waals surface area contributed by atoms with Crippen molar-refractivity contribution in [2.45, 2.75) is 20.0 Å². The van der Waals surface area contributed by atoms with E-state index in [0.717, 1.165) is 11.6 Å². The summed E-state index contributed by atoms with van der Waals surface area (Å²) in [4.78, 5) is 36.7. The van der Waals surface area contributed by atoms with Crippen molar-refractivity contribution in [3.63, 3.8) is 0 Å². The summed E-state index contributed by atoms with van der Waals surface area (Å²) in [7, 11) is -4.51. The summed E-state index contributed by atoms with van der Waals surface area (Å²) in [6, 6.07) is 4.46. The van der Waals surface area contributed by atoms with Crippen LogP contribution < -0.4 is 9.80 Å². The van der Waals surface area contributed by atoms with Crippen LogP contribution in [0.25, 0.3) is 0 Å². The minimum absolute atomic E-state index is 0.0129. The number of hydrogen-bond acceptors (Lipinski definition) is 7. The number of halogens is 1. The van der Waals surface area contributed by atoms with Gasteiger partial charge in [-0.2, -0.15) is 0 Å². The highest BCUT2D eigenvalue weighted by molar-refractivity contribution is 7.50. The standard InChI is InChI=1S/C19H25FN3O7P/c1-13(2)23(31(26,27)30-14(3)24)12-16-11-22(19(25)29-16)15-4-5-18(17(20)10-15)21-6-8-28-9-7-21/h4-5,10,16H,1,6-9,11-12H2,2-3H3,(H,26,27)/t16-/m1/s1. The van der Waals surface area contributed by atoms with Gasteiger partial charge in [-0.25, -0.2) is 13.8 Å². The third-order valence-corrected chi connectivity index (χ3v) is 6.45. The Labute approximate surface area is 179 Å². The minimum Gasteiger partial charge on any atom is -0.442 e. The van der Waals surface area contributed by atoms with Crippen LogP contribution in [0.5, 0.6) is 0 Å². The van der Waals surface area contributed by atoms with E-state index in [1.54, 1.807) is 12.1 Å². The Morgan fingerprint density at radius 1 is 1.39 bits per heavy atom. The number of amides is 1. The van der Waals surface area contributed by atoms with Crippen molar-refractivity contribution in [1.82, 2.24) is 4.67 Å². The van der Waals surface area contributed by atoms with Crippen LogP contribution in [0.1, 0.15) is 13.8 Å². The normalized spacial score (nSPS) is 20.8. The lowest BCUT2D eigenvalue weighted by Gasteiger charge is -2.29. The van der Waals surface area contributed by atoms with Crippen LogP contribution in [0, 0.1) is 5.82 Å². The highest BCUT2D eigenvalue weighted by Crippen LogP contribution is 2.49. The first-order valence-corrected chi connectivity index (χ1v) is 11.2. The highest BCUT2D eigenvalue weighted by atomic mass is 31.2. The average molecular weight is 457 g/mol. The number of carbonyl (C=O) groups excluding carboxylic acids is 2. The van der Waals surface area contributed by atoms with Gasteiger partial charge in [-0.15, -0.1) is 0 Å². The fourth-order valence-corrected chi connectivity index (χ4v) is 4.69. The summed E-state index contributed by atoms with van der Waals surface area (Å²) in [5.41, 5.74) is 0.880. The van der Waals surface area contributed by atoms with E-state index in [2.05, 4.69) is 11.1 Å². The molecule has 2 aliphatic rings. The number of cyclic esters (lactones) is 1. The van der Waals surface area contributed by atoms with E-state index in [1.165, 1.54) is 17.9 Å². The number of allylic oxidation sites excluding steroid dienone is 1. The van der Waals surface area contributed by atoms with Crippen molar-refractivity contribution in [2.24, 2.45) is 0 Å². The van der Waals surface area contributed by atoms with Crippen molar-refractivity contribution in [2.75, 3.05) is 49.2 Å². The second-order valence-electron chi connectivity index (χ2n) is 7.24. The molecule has 3 rings (SSSR count). The van der Waals surface area contributed by atoms with Crippen LogP contribution in [0.4, 0.5) is 20.6 Å². The molecule has 1 aromatic rings. The number of carbonyl (C=O) groups is 2. The molecule has 0 aliphatic carbocycles. The summed E-state index contributed by atoms with van der Waals surface area (Å²) in [6.07, 6.45) is -1.55. The number of anilines is 2. The molecule has 0 bridgehead atoms. The average Bonchev–Trinajstić information content (AvgIpc) is 3.05. The number of ether oxygens (including phenoxy) is 2. The molecule has 1 aromatic carbocycles. The van der Waals surface area contributed by atoms with Gasteiger partial charge in [0, 0.05) is 25.7 Å². The molecule has 2 atom stereocenters. The molecule has 0 radical (unpaired) electrons. The van der Waals surface area contributed by atoms with Gasteiger partial charge in [-0.3, -0.25) is 19.3 Å². The molecule has 2 saturated heterocycles. The molecule has 31 heavy (non-hydrogen) atoms. The molecule has 12 heteroatoms. The second kappa shape index (κ2) is 9.25. The predicted octanol–water partition coefficient (Wildman–Crippen LogP) is 2.49. The fraction of sp³-hybridized carbons (Fsp3) is 0.474. The van der Waals surface area contributed by atoms with Gasteiger partial charge in [0.15, 0.2) is 0 Å². The number of nitrogens with zero attached hydrogens (tertiary/aromatic N) is 3. The van der Waals surface area contributed by atoms with E-state index in [0.29, 0.717) is 37.7 Å². The maximum atomic E-state index is 14.7. The lowest BCUT2D eigenvalue weighted by Crippen LogP contribution is -2.36. The Morgan fingerprint density at radius 2 is 2.06 bits per heavy atom. The first kappa shape index (κ1) is 23.1. The Hall–Kier alpha value is -2.62. The molecule has 1 amide bonds. The summed E-state index contributed by atoms with van der Waals surface area (Å²) in [6.45, 7) is 8.05. The topological polar surface area (TPSA) is 109 Å². The largest absolute Gasteiger partial charge is 0.488 e. The maximum Gasteiger partial charge on any atom is 0.488 e. The van der Waals surface area contributed by atoms with Gasteiger partial charge in [-0.1, -0.05) is 6.58 Å². The van der Waals surface area contributed by atoms with Crippen LogP contribution in [0.15, 0.2) is 30.5 Å². The number of benzene rings is 1. The van der Waals surface area contributed by atoms with E-state index < -0.39 is 31.7 Å². The van der Waals surface area contributed by atoms with Crippen molar-refractivity contribution >= 4 is 31.2 Å². The van der Waals surface area contributed by atoms with Gasteiger partial charge in [-0.05, 0) is 25.1 Å². The number of rotatable bonds is 7. The summed E-state index contributed by atoms with van der Waals surface area (Å²) >= 11 is 0. The molecular weight excluding hydrogens is 432 g/mol. The Kier molecular flexibility index (Phi) is 6.88. The molecule has 0 spiro atoms. The predicted molar refractivity (Wildman–Crippen MR) is 110 cm³/mol. The first-order chi connectivity index (χ1) is 14.6. The van der Waals surface area contributed by atoms with Crippen LogP contribution in [-0.4, -0.2) is 67.1 Å². The van der Waals surface area contributed by atoms with Crippen molar-refractivity contribution in [1.29, 1.82) is 0 Å². The lowest BCUT2D eigenvalue weighted by molar-refractivity contribution is -0.132. The monoisotopic (exact) mass is 457 g/mol. The van der Waals surface area contributed by atoms with Crippen molar-refractivity contribution < 1.29 is 37.4 Å². The zero-order valence-corrected chi connectivity index (χ0v) is 18.2. The van der Waals surface area contributed by atoms with E-state index in [9.17, 15) is 23.4 Å². The van der Waals surface area contributed by atoms with E-state index in [1.807, 2.05) is 4.90 Å². The van der Waals surface area contributed by atoms with Crippen molar-refractivity contribution in [3.05, 3.63) is 36.3 Å². The zero-order chi connectivity index (χ0) is 22.8. The van der Waals surface area contributed by atoms with Crippen LogP contribution in [-0.2, 0) is 23.4 Å². The summed E-state index contributed by atoms with van der Waals surface area (Å²) in [5.74, 6) is -1.41. The fourth-order valence-electron chi connectivity index (χ4n) is 3.44.